The molecule has 0 aliphatic carbocycles. The van der Waals surface area contributed by atoms with Gasteiger partial charge in [-0.15, -0.1) is 0 Å². The van der Waals surface area contributed by atoms with E-state index < -0.39 is 0 Å². The van der Waals surface area contributed by atoms with Crippen LogP contribution < -0.4 is 0 Å². The van der Waals surface area contributed by atoms with Crippen LogP contribution in [0.5, 0.6) is 0 Å². The van der Waals surface area contributed by atoms with Crippen molar-refractivity contribution >= 4 is 15.9 Å². The number of hydrogen-bond donors (Lipinski definition) is 0. The van der Waals surface area contributed by atoms with Crippen LogP contribution >= 0.6 is 15.9 Å². The Hall–Kier alpha value is -0.300. The van der Waals surface area contributed by atoms with Gasteiger partial charge in [0.25, 0.3) is 0 Å². The van der Waals surface area contributed by atoms with Crippen LogP contribution in [0.4, 0.5) is 0 Å². The molecule has 1 aromatic carbocycles. The summed E-state index contributed by atoms with van der Waals surface area (Å²) >= 11 is 3.46. The predicted octanol–water partition coefficient (Wildman–Crippen LogP) is 3.88. The zero-order valence-electron chi connectivity index (χ0n) is 7.68. The lowest BCUT2D eigenvalue weighted by Gasteiger charge is -2.09. The highest BCUT2D eigenvalue weighted by atomic mass is 79.9. The maximum absolute atomic E-state index is 3.46. The van der Waals surface area contributed by atoms with Crippen molar-refractivity contribution in [1.82, 2.24) is 0 Å². The first kappa shape index (κ1) is 9.79. The van der Waals surface area contributed by atoms with Gasteiger partial charge in [-0.25, -0.2) is 0 Å². The predicted molar refractivity (Wildman–Crippen MR) is 58.0 cm³/mol. The highest BCUT2D eigenvalue weighted by Gasteiger charge is 2.02. The summed E-state index contributed by atoms with van der Waals surface area (Å²) < 4.78 is 0. The average molecular weight is 227 g/mol. The lowest BCUT2D eigenvalue weighted by atomic mass is 9.98. The molecule has 12 heavy (non-hydrogen) atoms. The van der Waals surface area contributed by atoms with Crippen molar-refractivity contribution < 1.29 is 0 Å². The molecule has 0 saturated heterocycles. The van der Waals surface area contributed by atoms with Crippen LogP contribution in [0.15, 0.2) is 24.3 Å². The highest BCUT2D eigenvalue weighted by molar-refractivity contribution is 9.09. The number of rotatable bonds is 3. The monoisotopic (exact) mass is 226 g/mol. The Labute approximate surface area is 83.1 Å². The van der Waals surface area contributed by atoms with Crippen LogP contribution in [-0.2, 0) is 0 Å². The van der Waals surface area contributed by atoms with Crippen molar-refractivity contribution in [2.75, 3.05) is 5.33 Å². The third-order valence-electron chi connectivity index (χ3n) is 2.19. The fourth-order valence-corrected chi connectivity index (χ4v) is 1.91. The molecule has 66 valence electrons. The van der Waals surface area contributed by atoms with Crippen LogP contribution in [0.3, 0.4) is 0 Å². The molecule has 0 aromatic heterocycles. The highest BCUT2D eigenvalue weighted by Crippen LogP contribution is 2.19. The topological polar surface area (TPSA) is 0 Å². The number of hydrogen-bond acceptors (Lipinski definition) is 0. The third-order valence-corrected chi connectivity index (χ3v) is 2.65. The lowest BCUT2D eigenvalue weighted by Crippen LogP contribution is -1.93. The molecule has 0 saturated carbocycles. The summed E-state index contributed by atoms with van der Waals surface area (Å²) in [6, 6.07) is 8.81. The van der Waals surface area contributed by atoms with Crippen LogP contribution in [0.2, 0.25) is 0 Å². The Balaban J connectivity index is 2.68. The minimum absolute atomic E-state index is 0.671. The number of aryl methyl sites for hydroxylation is 1. The maximum atomic E-state index is 3.46. The summed E-state index contributed by atoms with van der Waals surface area (Å²) in [5, 5.41) is 1.09. The van der Waals surface area contributed by atoms with E-state index >= 15 is 0 Å². The van der Waals surface area contributed by atoms with Crippen molar-refractivity contribution in [3.05, 3.63) is 35.4 Å². The molecule has 1 atom stereocenters. The molecule has 0 aliphatic rings. The van der Waals surface area contributed by atoms with E-state index in [1.54, 1.807) is 0 Å². The summed E-state index contributed by atoms with van der Waals surface area (Å²) in [5.41, 5.74) is 2.78. The van der Waals surface area contributed by atoms with E-state index in [2.05, 4.69) is 54.0 Å². The molecule has 1 unspecified atom stereocenters. The van der Waals surface area contributed by atoms with E-state index in [9.17, 15) is 0 Å². The lowest BCUT2D eigenvalue weighted by molar-refractivity contribution is 0.744. The largest absolute Gasteiger partial charge is 0.0928 e. The van der Waals surface area contributed by atoms with E-state index in [4.69, 9.17) is 0 Å². The van der Waals surface area contributed by atoms with Crippen molar-refractivity contribution in [2.45, 2.75) is 26.2 Å². The summed E-state index contributed by atoms with van der Waals surface area (Å²) in [5.74, 6) is 0.671. The average Bonchev–Trinajstić information content (AvgIpc) is 2.06. The Morgan fingerprint density at radius 1 is 1.25 bits per heavy atom. The first-order valence-corrected chi connectivity index (χ1v) is 5.48. The summed E-state index contributed by atoms with van der Waals surface area (Å²) in [6.07, 6.45) is 1.21. The summed E-state index contributed by atoms with van der Waals surface area (Å²) in [7, 11) is 0. The van der Waals surface area contributed by atoms with Gasteiger partial charge in [0.15, 0.2) is 0 Å². The first-order chi connectivity index (χ1) is 5.74. The summed E-state index contributed by atoms with van der Waals surface area (Å²) in [6.45, 7) is 4.39. The SMILES string of the molecule is Cc1ccc(C(C)CCBr)cc1. The Kier molecular flexibility index (Phi) is 3.80. The standard InChI is InChI=1S/C11H15Br/c1-9-3-5-11(6-4-9)10(2)7-8-12/h3-6,10H,7-8H2,1-2H3. The van der Waals surface area contributed by atoms with Gasteiger partial charge in [0.2, 0.25) is 0 Å². The van der Waals surface area contributed by atoms with Gasteiger partial charge < -0.3 is 0 Å². The van der Waals surface area contributed by atoms with Crippen LogP contribution in [-0.4, -0.2) is 5.33 Å². The van der Waals surface area contributed by atoms with Crippen molar-refractivity contribution in [2.24, 2.45) is 0 Å². The molecule has 0 heterocycles. The van der Waals surface area contributed by atoms with E-state index in [0.29, 0.717) is 5.92 Å². The third kappa shape index (κ3) is 2.63. The number of benzene rings is 1. The quantitative estimate of drug-likeness (QED) is 0.687. The minimum atomic E-state index is 0.671. The molecule has 0 nitrogen and oxygen atoms in total. The van der Waals surface area contributed by atoms with E-state index in [1.807, 2.05) is 0 Å². The fourth-order valence-electron chi connectivity index (χ4n) is 1.23. The molecule has 0 spiro atoms. The molecule has 0 aliphatic heterocycles. The van der Waals surface area contributed by atoms with Gasteiger partial charge in [-0.2, -0.15) is 0 Å². The first-order valence-electron chi connectivity index (χ1n) is 4.36. The second kappa shape index (κ2) is 4.66. The van der Waals surface area contributed by atoms with Gasteiger partial charge in [0, 0.05) is 5.33 Å². The van der Waals surface area contributed by atoms with Crippen LogP contribution in [0.25, 0.3) is 0 Å². The van der Waals surface area contributed by atoms with Crippen LogP contribution in [0, 0.1) is 6.92 Å². The number of halogens is 1. The normalized spacial score (nSPS) is 12.9. The van der Waals surface area contributed by atoms with Crippen molar-refractivity contribution in [3.63, 3.8) is 0 Å². The Morgan fingerprint density at radius 3 is 2.33 bits per heavy atom. The molecule has 0 bridgehead atoms. The molecule has 0 amide bonds. The molecule has 1 heteroatoms. The van der Waals surface area contributed by atoms with Crippen molar-refractivity contribution in [3.8, 4) is 0 Å². The molecule has 1 aromatic rings. The van der Waals surface area contributed by atoms with Gasteiger partial charge >= 0.3 is 0 Å². The minimum Gasteiger partial charge on any atom is -0.0928 e. The second-order valence-corrected chi connectivity index (χ2v) is 4.08. The van der Waals surface area contributed by atoms with Gasteiger partial charge in [-0.1, -0.05) is 52.7 Å². The molecular weight excluding hydrogens is 212 g/mol. The maximum Gasteiger partial charge on any atom is 0.00370 e. The zero-order chi connectivity index (χ0) is 8.97. The molecule has 0 radical (unpaired) electrons. The smallest absolute Gasteiger partial charge is 0.00370 e. The zero-order valence-corrected chi connectivity index (χ0v) is 9.26. The van der Waals surface area contributed by atoms with Gasteiger partial charge in [0.05, 0.1) is 0 Å². The molecule has 1 rings (SSSR count). The molecule has 0 N–H and O–H groups in total. The molecule has 0 fully saturated rings. The molecular formula is C11H15Br. The van der Waals surface area contributed by atoms with E-state index in [0.717, 1.165) is 5.33 Å². The van der Waals surface area contributed by atoms with Gasteiger partial charge in [-0.05, 0) is 24.8 Å². The van der Waals surface area contributed by atoms with E-state index in [1.165, 1.54) is 17.5 Å². The van der Waals surface area contributed by atoms with Crippen molar-refractivity contribution in [1.29, 1.82) is 0 Å². The second-order valence-electron chi connectivity index (χ2n) is 3.29. The number of alkyl halides is 1. The van der Waals surface area contributed by atoms with Gasteiger partial charge in [-0.3, -0.25) is 0 Å². The van der Waals surface area contributed by atoms with Crippen LogP contribution in [0.1, 0.15) is 30.4 Å². The van der Waals surface area contributed by atoms with Gasteiger partial charge in [0.1, 0.15) is 0 Å². The Bertz CT molecular complexity index is 225. The fraction of sp³-hybridized carbons (Fsp3) is 0.455. The summed E-state index contributed by atoms with van der Waals surface area (Å²) in [4.78, 5) is 0. The Morgan fingerprint density at radius 2 is 1.83 bits per heavy atom. The van der Waals surface area contributed by atoms with E-state index in [-0.39, 0.29) is 0 Å².